The summed E-state index contributed by atoms with van der Waals surface area (Å²) in [4.78, 5) is 31.7. The molecule has 2 heterocycles. The molecule has 0 N–H and O–H groups in total. The first-order valence-electron chi connectivity index (χ1n) is 15.7. The van der Waals surface area contributed by atoms with Crippen molar-refractivity contribution in [3.8, 4) is 11.1 Å². The molecule has 0 saturated heterocycles. The van der Waals surface area contributed by atoms with Crippen LogP contribution in [-0.2, 0) is 5.41 Å². The lowest BCUT2D eigenvalue weighted by atomic mass is 9.77. The molecule has 0 saturated carbocycles. The minimum Gasteiger partial charge on any atom is -0.309 e. The van der Waals surface area contributed by atoms with Gasteiger partial charge in [0.05, 0.1) is 16.9 Å². The van der Waals surface area contributed by atoms with Crippen molar-refractivity contribution in [1.82, 2.24) is 0 Å². The van der Waals surface area contributed by atoms with Crippen molar-refractivity contribution in [3.05, 3.63) is 152 Å². The Labute approximate surface area is 273 Å². The maximum atomic E-state index is 13.6. The molecule has 1 aliphatic carbocycles. The topological polar surface area (TPSA) is 37.4 Å². The minimum atomic E-state index is -0.315. The average molecular weight is 616 g/mol. The third-order valence-corrected chi connectivity index (χ3v) is 11.0. The summed E-state index contributed by atoms with van der Waals surface area (Å²) in [6.45, 7) is 11.1. The summed E-state index contributed by atoms with van der Waals surface area (Å²) in [5.74, 6) is -0.402. The predicted molar refractivity (Wildman–Crippen MR) is 191 cm³/mol. The molecule has 0 spiro atoms. The van der Waals surface area contributed by atoms with E-state index in [4.69, 9.17) is 0 Å². The first-order chi connectivity index (χ1) is 22.1. The number of fused-ring (bicyclic) bond motifs is 4. The average Bonchev–Trinajstić information content (AvgIpc) is 3.56. The smallest absolute Gasteiger partial charge is 0.197 e. The van der Waals surface area contributed by atoms with E-state index >= 15 is 0 Å². The molecule has 0 amide bonds. The van der Waals surface area contributed by atoms with Crippen molar-refractivity contribution < 1.29 is 9.59 Å². The van der Waals surface area contributed by atoms with Gasteiger partial charge in [0.15, 0.2) is 11.6 Å². The number of aryl methyl sites for hydroxylation is 3. The SMILES string of the molecule is Cc1cc(C)c(-c2ccc3c(c2)C(C)(C)c2sc(C=C4C(=O)c5cc6ccccc6cc5C4=O)cc2N3c2ccccc2)c(C)c1. The number of Topliss-reactive ketones (excluding diaryl/α,β-unsaturated/α-hetero) is 2. The number of carbonyl (C=O) groups is 2. The number of hydrogen-bond donors (Lipinski definition) is 0. The molecule has 0 unspecified atom stereocenters. The molecule has 3 nitrogen and oxygen atoms in total. The third kappa shape index (κ3) is 4.24. The van der Waals surface area contributed by atoms with E-state index in [-0.39, 0.29) is 22.6 Å². The largest absolute Gasteiger partial charge is 0.309 e. The van der Waals surface area contributed by atoms with Crippen LogP contribution in [0.1, 0.15) is 66.6 Å². The van der Waals surface area contributed by atoms with E-state index in [0.717, 1.165) is 32.7 Å². The van der Waals surface area contributed by atoms with Crippen LogP contribution in [0.15, 0.2) is 109 Å². The standard InChI is InChI=1S/C42H33NO2S/c1-24-17-25(2)38(26(3)18-24)29-15-16-36-35(21-29)42(4,5)41-37(43(36)30-13-7-6-8-14-30)23-31(46-41)22-34-39(44)32-19-27-11-9-10-12-28(27)20-33(32)40(34)45/h6-23H,1-5H3. The highest BCUT2D eigenvalue weighted by Crippen LogP contribution is 2.56. The fourth-order valence-corrected chi connectivity index (χ4v) is 8.70. The van der Waals surface area contributed by atoms with Gasteiger partial charge in [-0.25, -0.2) is 0 Å². The maximum Gasteiger partial charge on any atom is 0.197 e. The Morgan fingerprint density at radius 1 is 0.674 bits per heavy atom. The van der Waals surface area contributed by atoms with Crippen molar-refractivity contribution >= 4 is 56.8 Å². The molecule has 224 valence electrons. The zero-order valence-corrected chi connectivity index (χ0v) is 27.4. The summed E-state index contributed by atoms with van der Waals surface area (Å²) in [7, 11) is 0. The molecule has 4 heteroatoms. The van der Waals surface area contributed by atoms with Crippen LogP contribution in [-0.4, -0.2) is 11.6 Å². The molecule has 6 aromatic rings. The summed E-state index contributed by atoms with van der Waals surface area (Å²) in [6, 6.07) is 35.5. The number of allylic oxidation sites excluding steroid dienone is 1. The second-order valence-electron chi connectivity index (χ2n) is 13.1. The lowest BCUT2D eigenvalue weighted by Gasteiger charge is -2.40. The Kier molecular flexibility index (Phi) is 6.32. The van der Waals surface area contributed by atoms with E-state index in [1.165, 1.54) is 38.3 Å². The van der Waals surface area contributed by atoms with Gasteiger partial charge < -0.3 is 4.90 Å². The first kappa shape index (κ1) is 28.4. The van der Waals surface area contributed by atoms with E-state index in [2.05, 4.69) is 100 Å². The van der Waals surface area contributed by atoms with Crippen molar-refractivity contribution in [2.45, 2.75) is 40.0 Å². The Morgan fingerprint density at radius 3 is 1.91 bits per heavy atom. The molecule has 2 aliphatic rings. The van der Waals surface area contributed by atoms with Crippen molar-refractivity contribution in [2.75, 3.05) is 4.90 Å². The number of benzene rings is 5. The van der Waals surface area contributed by atoms with Gasteiger partial charge in [-0.05, 0) is 108 Å². The number of hydrogen-bond acceptors (Lipinski definition) is 4. The van der Waals surface area contributed by atoms with Gasteiger partial charge >= 0.3 is 0 Å². The van der Waals surface area contributed by atoms with Gasteiger partial charge in [-0.15, -0.1) is 11.3 Å². The Bertz CT molecular complexity index is 2220. The number of anilines is 3. The summed E-state index contributed by atoms with van der Waals surface area (Å²) >= 11 is 1.66. The molecule has 0 radical (unpaired) electrons. The molecule has 0 bridgehead atoms. The molecule has 1 aromatic heterocycles. The van der Waals surface area contributed by atoms with E-state index in [1.807, 2.05) is 48.5 Å². The molecule has 0 atom stereocenters. The van der Waals surface area contributed by atoms with E-state index in [9.17, 15) is 9.59 Å². The highest BCUT2D eigenvalue weighted by atomic mass is 32.1. The highest BCUT2D eigenvalue weighted by molar-refractivity contribution is 7.13. The minimum absolute atomic E-state index is 0.201. The Hall–Kier alpha value is -5.06. The van der Waals surface area contributed by atoms with E-state index in [1.54, 1.807) is 11.3 Å². The molecular weight excluding hydrogens is 583 g/mol. The lowest BCUT2D eigenvalue weighted by molar-refractivity contribution is 0.0990. The fourth-order valence-electron chi connectivity index (χ4n) is 7.50. The van der Waals surface area contributed by atoms with Gasteiger partial charge in [0.1, 0.15) is 0 Å². The number of para-hydroxylation sites is 1. The normalized spacial score (nSPS) is 14.8. The van der Waals surface area contributed by atoms with Crippen LogP contribution in [0.5, 0.6) is 0 Å². The summed E-state index contributed by atoms with van der Waals surface area (Å²) in [6.07, 6.45) is 1.81. The summed E-state index contributed by atoms with van der Waals surface area (Å²) < 4.78 is 0. The van der Waals surface area contributed by atoms with Crippen LogP contribution < -0.4 is 4.90 Å². The van der Waals surface area contributed by atoms with Crippen LogP contribution in [0, 0.1) is 20.8 Å². The second kappa shape index (κ2) is 10.2. The zero-order chi connectivity index (χ0) is 31.9. The van der Waals surface area contributed by atoms with E-state index in [0.29, 0.717) is 11.1 Å². The fraction of sp³-hybridized carbons (Fsp3) is 0.143. The molecule has 8 rings (SSSR count). The molecule has 46 heavy (non-hydrogen) atoms. The van der Waals surface area contributed by atoms with Crippen LogP contribution in [0.25, 0.3) is 28.0 Å². The van der Waals surface area contributed by atoms with Crippen molar-refractivity contribution in [1.29, 1.82) is 0 Å². The van der Waals surface area contributed by atoms with Gasteiger partial charge in [-0.3, -0.25) is 9.59 Å². The van der Waals surface area contributed by atoms with Crippen LogP contribution in [0.2, 0.25) is 0 Å². The number of ketones is 2. The van der Waals surface area contributed by atoms with Gasteiger partial charge in [0, 0.05) is 32.0 Å². The molecule has 5 aromatic carbocycles. The number of carbonyl (C=O) groups excluding carboxylic acids is 2. The lowest BCUT2D eigenvalue weighted by Crippen LogP contribution is -2.29. The second-order valence-corrected chi connectivity index (χ2v) is 14.2. The van der Waals surface area contributed by atoms with Gasteiger partial charge in [-0.1, -0.05) is 80.1 Å². The van der Waals surface area contributed by atoms with E-state index < -0.39 is 0 Å². The van der Waals surface area contributed by atoms with Crippen LogP contribution in [0.4, 0.5) is 17.1 Å². The Morgan fingerprint density at radius 2 is 1.28 bits per heavy atom. The molecule has 1 aliphatic heterocycles. The number of rotatable bonds is 3. The molecular formula is C42H33NO2S. The first-order valence-corrected chi connectivity index (χ1v) is 16.5. The Balaban J connectivity index is 1.28. The van der Waals surface area contributed by atoms with Gasteiger partial charge in [0.2, 0.25) is 0 Å². The number of nitrogens with zero attached hydrogens (tertiary/aromatic N) is 1. The molecule has 0 fully saturated rings. The summed E-state index contributed by atoms with van der Waals surface area (Å²) in [5.41, 5.74) is 11.7. The quantitative estimate of drug-likeness (QED) is 0.147. The van der Waals surface area contributed by atoms with Crippen molar-refractivity contribution in [3.63, 3.8) is 0 Å². The van der Waals surface area contributed by atoms with Crippen LogP contribution in [0.3, 0.4) is 0 Å². The zero-order valence-electron chi connectivity index (χ0n) is 26.6. The maximum absolute atomic E-state index is 13.6. The summed E-state index contributed by atoms with van der Waals surface area (Å²) in [5, 5.41) is 1.92. The monoisotopic (exact) mass is 615 g/mol. The van der Waals surface area contributed by atoms with Gasteiger partial charge in [-0.2, -0.15) is 0 Å². The number of thiophene rings is 1. The highest BCUT2D eigenvalue weighted by Gasteiger charge is 2.40. The third-order valence-electron chi connectivity index (χ3n) is 9.58. The predicted octanol–water partition coefficient (Wildman–Crippen LogP) is 11.1. The van der Waals surface area contributed by atoms with Gasteiger partial charge in [0.25, 0.3) is 0 Å². The van der Waals surface area contributed by atoms with Crippen molar-refractivity contribution in [2.24, 2.45) is 0 Å². The van der Waals surface area contributed by atoms with Crippen LogP contribution >= 0.6 is 11.3 Å².